The lowest BCUT2D eigenvalue weighted by Crippen LogP contribution is -2.29. The van der Waals surface area contributed by atoms with E-state index >= 15 is 0 Å². The van der Waals surface area contributed by atoms with E-state index in [1.807, 2.05) is 38.1 Å². The lowest BCUT2D eigenvalue weighted by Gasteiger charge is -2.16. The van der Waals surface area contributed by atoms with Crippen LogP contribution in [0.5, 0.6) is 5.75 Å². The van der Waals surface area contributed by atoms with Crippen molar-refractivity contribution < 1.29 is 17.9 Å². The van der Waals surface area contributed by atoms with Crippen molar-refractivity contribution >= 4 is 15.9 Å². The SMILES string of the molecule is CCOc1ccc(C(C)NC(=O)c2ccc(CS(=O)(=O)N3CCCC3)cc2)cc1. The van der Waals surface area contributed by atoms with Gasteiger partial charge in [0.15, 0.2) is 0 Å². The van der Waals surface area contributed by atoms with Crippen molar-refractivity contribution in [2.24, 2.45) is 0 Å². The van der Waals surface area contributed by atoms with E-state index in [-0.39, 0.29) is 17.7 Å². The van der Waals surface area contributed by atoms with Crippen LogP contribution in [0, 0.1) is 0 Å². The summed E-state index contributed by atoms with van der Waals surface area (Å²) in [6.45, 7) is 5.67. The number of hydrogen-bond donors (Lipinski definition) is 1. The van der Waals surface area contributed by atoms with Crippen molar-refractivity contribution in [2.45, 2.75) is 38.5 Å². The molecule has 1 saturated heterocycles. The molecule has 29 heavy (non-hydrogen) atoms. The topological polar surface area (TPSA) is 75.7 Å². The van der Waals surface area contributed by atoms with Crippen LogP contribution in [-0.2, 0) is 15.8 Å². The van der Waals surface area contributed by atoms with E-state index in [4.69, 9.17) is 4.74 Å². The minimum Gasteiger partial charge on any atom is -0.494 e. The summed E-state index contributed by atoms with van der Waals surface area (Å²) in [4.78, 5) is 12.5. The second-order valence-corrected chi connectivity index (χ2v) is 9.23. The molecule has 3 rings (SSSR count). The van der Waals surface area contributed by atoms with E-state index < -0.39 is 10.0 Å². The van der Waals surface area contributed by atoms with Crippen molar-refractivity contribution in [3.8, 4) is 5.75 Å². The van der Waals surface area contributed by atoms with Crippen molar-refractivity contribution in [3.05, 3.63) is 65.2 Å². The highest BCUT2D eigenvalue weighted by atomic mass is 32.2. The zero-order valence-electron chi connectivity index (χ0n) is 16.9. The van der Waals surface area contributed by atoms with Gasteiger partial charge in [0.25, 0.3) is 5.91 Å². The Morgan fingerprint density at radius 2 is 1.69 bits per heavy atom. The number of rotatable bonds is 8. The van der Waals surface area contributed by atoms with Gasteiger partial charge < -0.3 is 10.1 Å². The first-order chi connectivity index (χ1) is 13.9. The summed E-state index contributed by atoms with van der Waals surface area (Å²) < 4.78 is 31.8. The molecule has 2 aromatic rings. The number of amides is 1. The van der Waals surface area contributed by atoms with Gasteiger partial charge in [-0.25, -0.2) is 12.7 Å². The maximum Gasteiger partial charge on any atom is 0.251 e. The molecule has 1 amide bonds. The number of nitrogens with zero attached hydrogens (tertiary/aromatic N) is 1. The van der Waals surface area contributed by atoms with Crippen molar-refractivity contribution in [3.63, 3.8) is 0 Å². The molecule has 156 valence electrons. The Hall–Kier alpha value is -2.38. The first-order valence-corrected chi connectivity index (χ1v) is 11.6. The molecule has 1 fully saturated rings. The molecular formula is C22H28N2O4S. The Bertz CT molecular complexity index is 918. The predicted molar refractivity (Wildman–Crippen MR) is 113 cm³/mol. The second kappa shape index (κ2) is 9.41. The lowest BCUT2D eigenvalue weighted by molar-refractivity contribution is 0.0940. The molecule has 1 atom stereocenters. The third kappa shape index (κ3) is 5.58. The van der Waals surface area contributed by atoms with Crippen LogP contribution >= 0.6 is 0 Å². The third-order valence-electron chi connectivity index (χ3n) is 5.06. The summed E-state index contributed by atoms with van der Waals surface area (Å²) >= 11 is 0. The van der Waals surface area contributed by atoms with E-state index in [0.29, 0.717) is 30.8 Å². The third-order valence-corrected chi connectivity index (χ3v) is 6.91. The van der Waals surface area contributed by atoms with Crippen LogP contribution < -0.4 is 10.1 Å². The molecule has 1 aliphatic rings. The molecule has 0 aliphatic carbocycles. The highest BCUT2D eigenvalue weighted by Crippen LogP contribution is 2.19. The van der Waals surface area contributed by atoms with Gasteiger partial charge in [0.05, 0.1) is 18.4 Å². The summed E-state index contributed by atoms with van der Waals surface area (Å²) in [5, 5.41) is 2.97. The second-order valence-electron chi connectivity index (χ2n) is 7.26. The number of hydrogen-bond acceptors (Lipinski definition) is 4. The zero-order valence-corrected chi connectivity index (χ0v) is 17.7. The Labute approximate surface area is 172 Å². The van der Waals surface area contributed by atoms with Gasteiger partial charge >= 0.3 is 0 Å². The van der Waals surface area contributed by atoms with Gasteiger partial charge in [-0.2, -0.15) is 0 Å². The first kappa shape index (κ1) is 21.3. The average molecular weight is 417 g/mol. The Morgan fingerprint density at radius 1 is 1.07 bits per heavy atom. The van der Waals surface area contributed by atoms with Crippen LogP contribution in [0.2, 0.25) is 0 Å². The van der Waals surface area contributed by atoms with E-state index in [1.165, 1.54) is 0 Å². The molecule has 0 saturated carbocycles. The summed E-state index contributed by atoms with van der Waals surface area (Å²) in [6, 6.07) is 14.3. The Balaban J connectivity index is 1.59. The van der Waals surface area contributed by atoms with E-state index in [1.54, 1.807) is 28.6 Å². The number of nitrogens with one attached hydrogen (secondary N) is 1. The van der Waals surface area contributed by atoms with Gasteiger partial charge in [0.1, 0.15) is 5.75 Å². The molecule has 1 aliphatic heterocycles. The van der Waals surface area contributed by atoms with Crippen LogP contribution in [0.15, 0.2) is 48.5 Å². The summed E-state index contributed by atoms with van der Waals surface area (Å²) in [5.41, 5.74) is 2.17. The van der Waals surface area contributed by atoms with Gasteiger partial charge in [0.2, 0.25) is 10.0 Å². The standard InChI is InChI=1S/C22H28N2O4S/c1-3-28-21-12-10-19(11-13-21)17(2)23-22(25)20-8-6-18(7-9-20)16-29(26,27)24-14-4-5-15-24/h6-13,17H,3-5,14-16H2,1-2H3,(H,23,25). The van der Waals surface area contributed by atoms with E-state index in [9.17, 15) is 13.2 Å². The highest BCUT2D eigenvalue weighted by Gasteiger charge is 2.25. The smallest absolute Gasteiger partial charge is 0.251 e. The summed E-state index contributed by atoms with van der Waals surface area (Å²) in [6.07, 6.45) is 1.84. The van der Waals surface area contributed by atoms with E-state index in [2.05, 4.69) is 5.32 Å². The fourth-order valence-corrected chi connectivity index (χ4v) is 5.01. The number of carbonyl (C=O) groups excluding carboxylic acids is 1. The van der Waals surface area contributed by atoms with E-state index in [0.717, 1.165) is 24.2 Å². The quantitative estimate of drug-likeness (QED) is 0.715. The highest BCUT2D eigenvalue weighted by molar-refractivity contribution is 7.88. The van der Waals surface area contributed by atoms with Crippen LogP contribution in [-0.4, -0.2) is 38.3 Å². The minimum absolute atomic E-state index is 0.0303. The maximum atomic E-state index is 12.5. The van der Waals surface area contributed by atoms with Gasteiger partial charge in [-0.15, -0.1) is 0 Å². The fraction of sp³-hybridized carbons (Fsp3) is 0.409. The largest absolute Gasteiger partial charge is 0.494 e. The van der Waals surface area contributed by atoms with Gasteiger partial charge in [-0.05, 0) is 62.1 Å². The van der Waals surface area contributed by atoms with Crippen molar-refractivity contribution in [1.82, 2.24) is 9.62 Å². The first-order valence-electron chi connectivity index (χ1n) is 9.99. The van der Waals surface area contributed by atoms with Crippen LogP contribution in [0.1, 0.15) is 54.2 Å². The number of carbonyl (C=O) groups is 1. The van der Waals surface area contributed by atoms with Crippen LogP contribution in [0.4, 0.5) is 0 Å². The monoisotopic (exact) mass is 416 g/mol. The van der Waals surface area contributed by atoms with Crippen LogP contribution in [0.25, 0.3) is 0 Å². The summed E-state index contributed by atoms with van der Waals surface area (Å²) in [7, 11) is -3.29. The minimum atomic E-state index is -3.29. The molecule has 1 N–H and O–H groups in total. The molecule has 0 radical (unpaired) electrons. The number of benzene rings is 2. The predicted octanol–water partition coefficient (Wildman–Crippen LogP) is 3.50. The van der Waals surface area contributed by atoms with Gasteiger partial charge in [0, 0.05) is 18.7 Å². The average Bonchev–Trinajstić information content (AvgIpc) is 3.25. The lowest BCUT2D eigenvalue weighted by atomic mass is 10.1. The molecule has 0 spiro atoms. The zero-order chi connectivity index (χ0) is 20.9. The Kier molecular flexibility index (Phi) is 6.92. The van der Waals surface area contributed by atoms with Crippen molar-refractivity contribution in [2.75, 3.05) is 19.7 Å². The van der Waals surface area contributed by atoms with Crippen LogP contribution in [0.3, 0.4) is 0 Å². The summed E-state index contributed by atoms with van der Waals surface area (Å²) in [5.74, 6) is 0.576. The molecular weight excluding hydrogens is 388 g/mol. The number of ether oxygens (including phenoxy) is 1. The maximum absolute atomic E-state index is 12.5. The molecule has 7 heteroatoms. The normalized spacial score (nSPS) is 15.8. The van der Waals surface area contributed by atoms with Gasteiger partial charge in [-0.1, -0.05) is 24.3 Å². The number of sulfonamides is 1. The molecule has 0 aromatic heterocycles. The molecule has 2 aromatic carbocycles. The van der Waals surface area contributed by atoms with Gasteiger partial charge in [-0.3, -0.25) is 4.79 Å². The Morgan fingerprint density at radius 3 is 2.28 bits per heavy atom. The van der Waals surface area contributed by atoms with Crippen molar-refractivity contribution in [1.29, 1.82) is 0 Å². The fourth-order valence-electron chi connectivity index (χ4n) is 3.40. The molecule has 1 heterocycles. The molecule has 6 nitrogen and oxygen atoms in total. The molecule has 0 bridgehead atoms. The molecule has 1 unspecified atom stereocenters.